The molecule has 0 heterocycles. The Morgan fingerprint density at radius 3 is 2.29 bits per heavy atom. The van der Waals surface area contributed by atoms with Crippen LogP contribution in [0.5, 0.6) is 0 Å². The number of hydrogen-bond acceptors (Lipinski definition) is 3. The molecule has 0 bridgehead atoms. The molecule has 21 heavy (non-hydrogen) atoms. The molecule has 0 aliphatic heterocycles. The lowest BCUT2D eigenvalue weighted by molar-refractivity contribution is 0.300. The van der Waals surface area contributed by atoms with Gasteiger partial charge < -0.3 is 15.5 Å². The molecule has 0 aromatic heterocycles. The molecule has 0 amide bonds. The molecular weight excluding hydrogens is 265 g/mol. The van der Waals surface area contributed by atoms with Crippen molar-refractivity contribution in [3.05, 3.63) is 29.6 Å². The highest BCUT2D eigenvalue weighted by Gasteiger charge is 2.13. The Kier molecular flexibility index (Phi) is 7.68. The van der Waals surface area contributed by atoms with Crippen molar-refractivity contribution in [3.8, 4) is 0 Å². The Morgan fingerprint density at radius 1 is 1.10 bits per heavy atom. The van der Waals surface area contributed by atoms with Crippen LogP contribution in [0.15, 0.2) is 18.2 Å². The first-order valence-electron chi connectivity index (χ1n) is 8.05. The molecule has 0 aliphatic carbocycles. The molecule has 0 saturated heterocycles. The highest BCUT2D eigenvalue weighted by Crippen LogP contribution is 2.26. The lowest BCUT2D eigenvalue weighted by atomic mass is 10.1. The maximum Gasteiger partial charge on any atom is 0.123 e. The van der Waals surface area contributed by atoms with Crippen LogP contribution < -0.4 is 10.6 Å². The van der Waals surface area contributed by atoms with Gasteiger partial charge in [0.25, 0.3) is 0 Å². The van der Waals surface area contributed by atoms with E-state index in [0.717, 1.165) is 50.4 Å². The summed E-state index contributed by atoms with van der Waals surface area (Å²) in [5.41, 5.74) is 7.95. The van der Waals surface area contributed by atoms with Crippen LogP contribution in [-0.2, 0) is 0 Å². The zero-order valence-electron chi connectivity index (χ0n) is 13.9. The highest BCUT2D eigenvalue weighted by molar-refractivity contribution is 5.55. The maximum absolute atomic E-state index is 13.4. The standard InChI is InChI=1S/C17H30FN3/c1-5-20(6-2)11-8-12-21(7-3)17-10-9-15(18)13-16(17)14(4)19/h9-10,13-14H,5-8,11-12,19H2,1-4H3. The SMILES string of the molecule is CCN(CC)CCCN(CC)c1ccc(F)cc1C(C)N. The lowest BCUT2D eigenvalue weighted by Gasteiger charge is -2.28. The molecule has 0 aliphatic rings. The fourth-order valence-corrected chi connectivity index (χ4v) is 2.65. The van der Waals surface area contributed by atoms with E-state index in [1.807, 2.05) is 13.0 Å². The summed E-state index contributed by atoms with van der Waals surface area (Å²) in [7, 11) is 0. The van der Waals surface area contributed by atoms with Gasteiger partial charge >= 0.3 is 0 Å². The van der Waals surface area contributed by atoms with Crippen molar-refractivity contribution >= 4 is 5.69 Å². The first-order valence-corrected chi connectivity index (χ1v) is 8.05. The Hall–Kier alpha value is -1.13. The Labute approximate surface area is 128 Å². The number of benzene rings is 1. The van der Waals surface area contributed by atoms with Gasteiger partial charge in [-0.2, -0.15) is 0 Å². The van der Waals surface area contributed by atoms with E-state index in [2.05, 4.69) is 30.6 Å². The van der Waals surface area contributed by atoms with Gasteiger partial charge in [-0.15, -0.1) is 0 Å². The van der Waals surface area contributed by atoms with Gasteiger partial charge in [-0.1, -0.05) is 13.8 Å². The molecule has 120 valence electrons. The average molecular weight is 295 g/mol. The van der Waals surface area contributed by atoms with Crippen LogP contribution in [0.2, 0.25) is 0 Å². The molecular formula is C17H30FN3. The molecule has 3 nitrogen and oxygen atoms in total. The zero-order valence-corrected chi connectivity index (χ0v) is 13.9. The summed E-state index contributed by atoms with van der Waals surface area (Å²) in [6, 6.07) is 4.78. The summed E-state index contributed by atoms with van der Waals surface area (Å²) < 4.78 is 13.4. The molecule has 0 radical (unpaired) electrons. The van der Waals surface area contributed by atoms with E-state index >= 15 is 0 Å². The quantitative estimate of drug-likeness (QED) is 0.758. The number of halogens is 1. The number of anilines is 1. The molecule has 0 fully saturated rings. The van der Waals surface area contributed by atoms with Gasteiger partial charge in [0.2, 0.25) is 0 Å². The normalized spacial score (nSPS) is 12.7. The minimum absolute atomic E-state index is 0.160. The van der Waals surface area contributed by atoms with Crippen LogP contribution in [-0.4, -0.2) is 37.6 Å². The zero-order chi connectivity index (χ0) is 15.8. The van der Waals surface area contributed by atoms with Crippen LogP contribution in [0.25, 0.3) is 0 Å². The van der Waals surface area contributed by atoms with Gasteiger partial charge in [0.15, 0.2) is 0 Å². The molecule has 1 aromatic carbocycles. The van der Waals surface area contributed by atoms with Gasteiger partial charge in [-0.05, 0) is 63.7 Å². The van der Waals surface area contributed by atoms with Gasteiger partial charge in [-0.3, -0.25) is 0 Å². The average Bonchev–Trinajstić information content (AvgIpc) is 2.48. The van der Waals surface area contributed by atoms with Crippen molar-refractivity contribution in [1.29, 1.82) is 0 Å². The topological polar surface area (TPSA) is 32.5 Å². The van der Waals surface area contributed by atoms with Crippen LogP contribution in [0.4, 0.5) is 10.1 Å². The molecule has 2 N–H and O–H groups in total. The number of hydrogen-bond donors (Lipinski definition) is 1. The Balaban J connectivity index is 2.76. The maximum atomic E-state index is 13.4. The summed E-state index contributed by atoms with van der Waals surface area (Å²) in [6.07, 6.45) is 1.10. The molecule has 0 saturated carbocycles. The van der Waals surface area contributed by atoms with E-state index in [0.29, 0.717) is 0 Å². The number of rotatable bonds is 9. The smallest absolute Gasteiger partial charge is 0.123 e. The van der Waals surface area contributed by atoms with E-state index in [4.69, 9.17) is 5.73 Å². The third kappa shape index (κ3) is 5.29. The molecule has 1 unspecified atom stereocenters. The predicted molar refractivity (Wildman–Crippen MR) is 89.3 cm³/mol. The Morgan fingerprint density at radius 2 is 1.76 bits per heavy atom. The fraction of sp³-hybridized carbons (Fsp3) is 0.647. The second kappa shape index (κ2) is 9.00. The first kappa shape index (κ1) is 17.9. The van der Waals surface area contributed by atoms with E-state index in [1.54, 1.807) is 6.07 Å². The van der Waals surface area contributed by atoms with Gasteiger partial charge in [0, 0.05) is 24.8 Å². The molecule has 1 rings (SSSR count). The Bertz CT molecular complexity index is 416. The number of nitrogens with zero attached hydrogens (tertiary/aromatic N) is 2. The number of nitrogens with two attached hydrogens (primary N) is 1. The van der Waals surface area contributed by atoms with Gasteiger partial charge in [0.05, 0.1) is 0 Å². The molecule has 0 spiro atoms. The van der Waals surface area contributed by atoms with E-state index in [9.17, 15) is 4.39 Å². The highest BCUT2D eigenvalue weighted by atomic mass is 19.1. The third-order valence-electron chi connectivity index (χ3n) is 4.00. The molecule has 4 heteroatoms. The fourth-order valence-electron chi connectivity index (χ4n) is 2.65. The van der Waals surface area contributed by atoms with Crippen molar-refractivity contribution in [1.82, 2.24) is 4.90 Å². The third-order valence-corrected chi connectivity index (χ3v) is 4.00. The second-order valence-electron chi connectivity index (χ2n) is 5.45. The minimum Gasteiger partial charge on any atom is -0.371 e. The second-order valence-corrected chi connectivity index (χ2v) is 5.45. The lowest BCUT2D eigenvalue weighted by Crippen LogP contribution is -2.31. The summed E-state index contributed by atoms with van der Waals surface area (Å²) in [4.78, 5) is 4.71. The van der Waals surface area contributed by atoms with E-state index in [-0.39, 0.29) is 11.9 Å². The summed E-state index contributed by atoms with van der Waals surface area (Å²) in [6.45, 7) is 13.6. The van der Waals surface area contributed by atoms with Crippen molar-refractivity contribution in [3.63, 3.8) is 0 Å². The predicted octanol–water partition coefficient (Wildman–Crippen LogP) is 3.40. The minimum atomic E-state index is -0.217. The van der Waals surface area contributed by atoms with E-state index in [1.165, 1.54) is 6.07 Å². The van der Waals surface area contributed by atoms with Crippen molar-refractivity contribution in [2.75, 3.05) is 37.6 Å². The van der Waals surface area contributed by atoms with Crippen molar-refractivity contribution in [2.45, 2.75) is 40.2 Å². The van der Waals surface area contributed by atoms with Crippen LogP contribution in [0.3, 0.4) is 0 Å². The molecule has 1 aromatic rings. The molecule has 1 atom stereocenters. The monoisotopic (exact) mass is 295 g/mol. The van der Waals surface area contributed by atoms with E-state index < -0.39 is 0 Å². The van der Waals surface area contributed by atoms with Gasteiger partial charge in [0.1, 0.15) is 5.82 Å². The van der Waals surface area contributed by atoms with Crippen molar-refractivity contribution in [2.24, 2.45) is 5.73 Å². The summed E-state index contributed by atoms with van der Waals surface area (Å²) >= 11 is 0. The van der Waals surface area contributed by atoms with Crippen LogP contribution in [0.1, 0.15) is 45.7 Å². The first-order chi connectivity index (χ1) is 10.0. The summed E-state index contributed by atoms with van der Waals surface area (Å²) in [5.74, 6) is -0.217. The van der Waals surface area contributed by atoms with Gasteiger partial charge in [-0.25, -0.2) is 4.39 Å². The largest absolute Gasteiger partial charge is 0.371 e. The van der Waals surface area contributed by atoms with Crippen LogP contribution >= 0.6 is 0 Å². The van der Waals surface area contributed by atoms with Crippen LogP contribution in [0, 0.1) is 5.82 Å². The summed E-state index contributed by atoms with van der Waals surface area (Å²) in [5, 5.41) is 0. The van der Waals surface area contributed by atoms with Crippen molar-refractivity contribution < 1.29 is 4.39 Å².